The molecule has 0 atom stereocenters. The minimum Gasteiger partial charge on any atom is -0.302 e. The Morgan fingerprint density at radius 2 is 2.00 bits per heavy atom. The van der Waals surface area contributed by atoms with Gasteiger partial charge in [0.25, 0.3) is 0 Å². The highest BCUT2D eigenvalue weighted by molar-refractivity contribution is 7.12. The number of hydrogen-bond donors (Lipinski definition) is 0. The van der Waals surface area contributed by atoms with Crippen molar-refractivity contribution in [2.75, 3.05) is 13.6 Å². The topological polar surface area (TPSA) is 20.3 Å². The quantitative estimate of drug-likeness (QED) is 0.719. The van der Waals surface area contributed by atoms with E-state index >= 15 is 0 Å². The van der Waals surface area contributed by atoms with Crippen LogP contribution >= 0.6 is 11.3 Å². The van der Waals surface area contributed by atoms with Crippen molar-refractivity contribution in [2.24, 2.45) is 0 Å². The van der Waals surface area contributed by atoms with Crippen LogP contribution in [-0.4, -0.2) is 24.3 Å². The van der Waals surface area contributed by atoms with E-state index in [4.69, 9.17) is 0 Å². The summed E-state index contributed by atoms with van der Waals surface area (Å²) in [5.41, 5.74) is 1.08. The lowest BCUT2D eigenvalue weighted by Gasteiger charge is -2.16. The molecule has 0 saturated carbocycles. The molecule has 0 saturated heterocycles. The van der Waals surface area contributed by atoms with Crippen molar-refractivity contribution in [3.63, 3.8) is 0 Å². The number of ketones is 1. The lowest BCUT2D eigenvalue weighted by atomic mass is 10.1. The molecule has 1 heterocycles. The first-order valence-corrected chi connectivity index (χ1v) is 7.53. The third kappa shape index (κ3) is 4.54. The predicted octanol–water partition coefficient (Wildman–Crippen LogP) is 3.98. The van der Waals surface area contributed by atoms with Crippen LogP contribution in [0.1, 0.15) is 28.1 Å². The average Bonchev–Trinajstić information content (AvgIpc) is 2.95. The zero-order valence-corrected chi connectivity index (χ0v) is 12.3. The van der Waals surface area contributed by atoms with Gasteiger partial charge >= 0.3 is 0 Å². The average molecular weight is 291 g/mol. The summed E-state index contributed by atoms with van der Waals surface area (Å²) in [6, 6.07) is 10.3. The van der Waals surface area contributed by atoms with E-state index in [1.165, 1.54) is 23.5 Å². The number of carbonyl (C=O) groups is 1. The third-order valence-corrected chi connectivity index (χ3v) is 4.02. The number of carbonyl (C=O) groups excluding carboxylic acids is 1. The van der Waals surface area contributed by atoms with Crippen molar-refractivity contribution >= 4 is 17.1 Å². The minimum absolute atomic E-state index is 0.210. The highest BCUT2D eigenvalue weighted by Gasteiger charge is 2.07. The Labute approximate surface area is 122 Å². The van der Waals surface area contributed by atoms with Gasteiger partial charge in [-0.2, -0.15) is 0 Å². The van der Waals surface area contributed by atoms with Crippen molar-refractivity contribution in [3.05, 3.63) is 58.0 Å². The Morgan fingerprint density at radius 1 is 1.25 bits per heavy atom. The number of benzene rings is 1. The Balaban J connectivity index is 1.71. The minimum atomic E-state index is -0.210. The van der Waals surface area contributed by atoms with Crippen LogP contribution in [0.25, 0.3) is 0 Å². The van der Waals surface area contributed by atoms with Gasteiger partial charge < -0.3 is 4.90 Å². The first kappa shape index (κ1) is 14.9. The normalized spacial score (nSPS) is 10.9. The highest BCUT2D eigenvalue weighted by Crippen LogP contribution is 2.13. The zero-order chi connectivity index (χ0) is 14.4. The summed E-state index contributed by atoms with van der Waals surface area (Å²) in [6.45, 7) is 1.63. The van der Waals surface area contributed by atoms with E-state index < -0.39 is 0 Å². The van der Waals surface area contributed by atoms with E-state index in [-0.39, 0.29) is 11.6 Å². The van der Waals surface area contributed by atoms with Crippen LogP contribution in [0.4, 0.5) is 4.39 Å². The summed E-state index contributed by atoms with van der Waals surface area (Å²) in [5.74, 6) is 0.00753. The maximum absolute atomic E-state index is 12.8. The molecule has 2 nitrogen and oxygen atoms in total. The Kier molecular flexibility index (Phi) is 5.44. The number of halogens is 1. The SMILES string of the molecule is CN(CCCC(=O)c1cccs1)Cc1ccc(F)cc1. The lowest BCUT2D eigenvalue weighted by Crippen LogP contribution is -2.19. The van der Waals surface area contributed by atoms with Gasteiger partial charge in [0.1, 0.15) is 5.82 Å². The fraction of sp³-hybridized carbons (Fsp3) is 0.312. The monoisotopic (exact) mass is 291 g/mol. The molecule has 4 heteroatoms. The molecule has 1 aromatic heterocycles. The summed E-state index contributed by atoms with van der Waals surface area (Å²) in [6.07, 6.45) is 1.42. The Hall–Kier alpha value is -1.52. The maximum Gasteiger partial charge on any atom is 0.172 e. The molecule has 0 aliphatic heterocycles. The van der Waals surface area contributed by atoms with Crippen LogP contribution in [0.3, 0.4) is 0 Å². The second kappa shape index (κ2) is 7.31. The third-order valence-electron chi connectivity index (χ3n) is 3.11. The van der Waals surface area contributed by atoms with Gasteiger partial charge in [0, 0.05) is 13.0 Å². The molecular weight excluding hydrogens is 273 g/mol. The van der Waals surface area contributed by atoms with Gasteiger partial charge in [-0.25, -0.2) is 4.39 Å². The molecule has 2 aromatic rings. The molecule has 0 spiro atoms. The molecule has 0 radical (unpaired) electrons. The maximum atomic E-state index is 12.8. The van der Waals surface area contributed by atoms with Crippen LogP contribution in [0.5, 0.6) is 0 Å². The number of nitrogens with zero attached hydrogens (tertiary/aromatic N) is 1. The molecule has 2 rings (SSSR count). The second-order valence-corrected chi connectivity index (χ2v) is 5.82. The van der Waals surface area contributed by atoms with E-state index in [2.05, 4.69) is 4.90 Å². The van der Waals surface area contributed by atoms with Crippen LogP contribution < -0.4 is 0 Å². The first-order valence-electron chi connectivity index (χ1n) is 6.65. The summed E-state index contributed by atoms with van der Waals surface area (Å²) < 4.78 is 12.8. The van der Waals surface area contributed by atoms with Gasteiger partial charge in [-0.15, -0.1) is 11.3 Å². The van der Waals surface area contributed by atoms with E-state index in [1.54, 1.807) is 12.1 Å². The number of rotatable bonds is 7. The van der Waals surface area contributed by atoms with Crippen LogP contribution in [0, 0.1) is 5.82 Å². The van der Waals surface area contributed by atoms with E-state index in [1.807, 2.05) is 24.6 Å². The molecule has 0 aliphatic rings. The molecule has 0 bridgehead atoms. The van der Waals surface area contributed by atoms with Crippen LogP contribution in [-0.2, 0) is 6.54 Å². The van der Waals surface area contributed by atoms with Crippen molar-refractivity contribution < 1.29 is 9.18 Å². The van der Waals surface area contributed by atoms with Crippen molar-refractivity contribution in [1.29, 1.82) is 0 Å². The fourth-order valence-electron chi connectivity index (χ4n) is 2.05. The van der Waals surface area contributed by atoms with Gasteiger partial charge in [-0.05, 0) is 49.2 Å². The highest BCUT2D eigenvalue weighted by atomic mass is 32.1. The number of Topliss-reactive ketones (excluding diaryl/α,β-unsaturated/α-hetero) is 1. The van der Waals surface area contributed by atoms with Gasteiger partial charge in [0.15, 0.2) is 5.78 Å². The van der Waals surface area contributed by atoms with Gasteiger partial charge in [0.2, 0.25) is 0 Å². The largest absolute Gasteiger partial charge is 0.302 e. The molecule has 106 valence electrons. The molecule has 0 N–H and O–H groups in total. The Bertz CT molecular complexity index is 536. The van der Waals surface area contributed by atoms with E-state index in [0.717, 1.165) is 30.0 Å². The standard InChI is InChI=1S/C16H18FNOS/c1-18(12-13-6-8-14(17)9-7-13)10-2-4-15(19)16-5-3-11-20-16/h3,5-9,11H,2,4,10,12H2,1H3. The molecule has 0 fully saturated rings. The van der Waals surface area contributed by atoms with Gasteiger partial charge in [-0.1, -0.05) is 18.2 Å². The number of thiophene rings is 1. The number of hydrogen-bond acceptors (Lipinski definition) is 3. The zero-order valence-electron chi connectivity index (χ0n) is 11.5. The van der Waals surface area contributed by atoms with Crippen molar-refractivity contribution in [3.8, 4) is 0 Å². The molecule has 0 aliphatic carbocycles. The second-order valence-electron chi connectivity index (χ2n) is 4.87. The van der Waals surface area contributed by atoms with Crippen LogP contribution in [0.2, 0.25) is 0 Å². The van der Waals surface area contributed by atoms with Gasteiger partial charge in [-0.3, -0.25) is 4.79 Å². The van der Waals surface area contributed by atoms with Crippen LogP contribution in [0.15, 0.2) is 41.8 Å². The molecule has 0 amide bonds. The summed E-state index contributed by atoms with van der Waals surface area (Å²) >= 11 is 1.50. The molecule has 20 heavy (non-hydrogen) atoms. The smallest absolute Gasteiger partial charge is 0.172 e. The summed E-state index contributed by atoms with van der Waals surface area (Å²) in [4.78, 5) is 14.8. The van der Waals surface area contributed by atoms with E-state index in [0.29, 0.717) is 6.42 Å². The lowest BCUT2D eigenvalue weighted by molar-refractivity contribution is 0.0980. The fourth-order valence-corrected chi connectivity index (χ4v) is 2.74. The van der Waals surface area contributed by atoms with Gasteiger partial charge in [0.05, 0.1) is 4.88 Å². The molecular formula is C16H18FNOS. The summed E-state index contributed by atoms with van der Waals surface area (Å²) in [5, 5.41) is 1.92. The van der Waals surface area contributed by atoms with Crippen molar-refractivity contribution in [1.82, 2.24) is 4.90 Å². The molecule has 1 aromatic carbocycles. The summed E-state index contributed by atoms with van der Waals surface area (Å²) in [7, 11) is 2.01. The Morgan fingerprint density at radius 3 is 2.65 bits per heavy atom. The first-order chi connectivity index (χ1) is 9.65. The predicted molar refractivity (Wildman–Crippen MR) is 80.6 cm³/mol. The molecule has 0 unspecified atom stereocenters. The van der Waals surface area contributed by atoms with E-state index in [9.17, 15) is 9.18 Å². The van der Waals surface area contributed by atoms with Crippen molar-refractivity contribution in [2.45, 2.75) is 19.4 Å².